The van der Waals surface area contributed by atoms with Gasteiger partial charge in [0.1, 0.15) is 19.0 Å². The standard InChI is InChI=1S/C21H21N3O7S/c1-28-15-5-7-16(8-6-15)32(26,27)12-2-3-19(25)22-21-24-23-20(31-21)14-4-9-17-18(13-14)30-11-10-29-17/h4-9,13H,2-3,10-12H2,1H3,(H,22,24,25). The first kappa shape index (κ1) is 21.6. The fraction of sp³-hybridized carbons (Fsp3) is 0.286. The number of carbonyl (C=O) groups excluding carboxylic acids is 1. The number of hydrogen-bond donors (Lipinski definition) is 1. The number of aromatic nitrogens is 2. The molecule has 2 aromatic carbocycles. The van der Waals surface area contributed by atoms with Gasteiger partial charge in [-0.25, -0.2) is 8.42 Å². The predicted octanol–water partition coefficient (Wildman–Crippen LogP) is 2.71. The maximum absolute atomic E-state index is 12.4. The van der Waals surface area contributed by atoms with Gasteiger partial charge in [0.15, 0.2) is 21.3 Å². The SMILES string of the molecule is COc1ccc(S(=O)(=O)CCCC(=O)Nc2nnc(-c3ccc4c(c3)OCCO4)o2)cc1. The van der Waals surface area contributed by atoms with Crippen LogP contribution in [0.15, 0.2) is 51.8 Å². The summed E-state index contributed by atoms with van der Waals surface area (Å²) in [5, 5.41) is 10.2. The van der Waals surface area contributed by atoms with Crippen LogP contribution in [0.2, 0.25) is 0 Å². The van der Waals surface area contributed by atoms with Crippen molar-refractivity contribution in [3.63, 3.8) is 0 Å². The van der Waals surface area contributed by atoms with Gasteiger partial charge in [-0.05, 0) is 48.9 Å². The first-order valence-electron chi connectivity index (χ1n) is 9.85. The zero-order valence-electron chi connectivity index (χ0n) is 17.2. The van der Waals surface area contributed by atoms with Crippen LogP contribution in [-0.4, -0.2) is 50.6 Å². The van der Waals surface area contributed by atoms with E-state index < -0.39 is 15.7 Å². The van der Waals surface area contributed by atoms with Crippen molar-refractivity contribution in [1.29, 1.82) is 0 Å². The number of anilines is 1. The third-order valence-electron chi connectivity index (χ3n) is 4.70. The van der Waals surface area contributed by atoms with Gasteiger partial charge in [0.2, 0.25) is 11.8 Å². The number of nitrogens with one attached hydrogen (secondary N) is 1. The van der Waals surface area contributed by atoms with Crippen LogP contribution in [0.25, 0.3) is 11.5 Å². The Kier molecular flexibility index (Phi) is 6.26. The molecule has 0 spiro atoms. The van der Waals surface area contributed by atoms with E-state index in [0.717, 1.165) is 0 Å². The van der Waals surface area contributed by atoms with Crippen molar-refractivity contribution in [2.75, 3.05) is 31.4 Å². The molecule has 0 unspecified atom stereocenters. The molecule has 1 aliphatic rings. The second kappa shape index (κ2) is 9.27. The highest BCUT2D eigenvalue weighted by molar-refractivity contribution is 7.91. The number of nitrogens with zero attached hydrogens (tertiary/aromatic N) is 2. The smallest absolute Gasteiger partial charge is 0.322 e. The van der Waals surface area contributed by atoms with E-state index in [1.165, 1.54) is 19.2 Å². The van der Waals surface area contributed by atoms with Crippen molar-refractivity contribution < 1.29 is 31.8 Å². The monoisotopic (exact) mass is 459 g/mol. The normalized spacial score (nSPS) is 12.9. The number of ether oxygens (including phenoxy) is 3. The molecular formula is C21H21N3O7S. The van der Waals surface area contributed by atoms with Crippen molar-refractivity contribution in [3.8, 4) is 28.7 Å². The Balaban J connectivity index is 1.30. The number of fused-ring (bicyclic) bond motifs is 1. The largest absolute Gasteiger partial charge is 0.497 e. The lowest BCUT2D eigenvalue weighted by molar-refractivity contribution is -0.116. The van der Waals surface area contributed by atoms with Crippen LogP contribution >= 0.6 is 0 Å². The third-order valence-corrected chi connectivity index (χ3v) is 6.51. The second-order valence-corrected chi connectivity index (χ2v) is 9.03. The van der Waals surface area contributed by atoms with Gasteiger partial charge in [-0.15, -0.1) is 5.10 Å². The Labute approximate surface area is 184 Å². The molecule has 0 saturated heterocycles. The van der Waals surface area contributed by atoms with Gasteiger partial charge in [0.05, 0.1) is 17.8 Å². The predicted molar refractivity (Wildman–Crippen MR) is 114 cm³/mol. The summed E-state index contributed by atoms with van der Waals surface area (Å²) in [5.74, 6) is 1.40. The molecule has 2 heterocycles. The van der Waals surface area contributed by atoms with Crippen molar-refractivity contribution in [1.82, 2.24) is 10.2 Å². The third kappa shape index (κ3) is 4.99. The molecule has 32 heavy (non-hydrogen) atoms. The van der Waals surface area contributed by atoms with Crippen LogP contribution in [-0.2, 0) is 14.6 Å². The van der Waals surface area contributed by atoms with Gasteiger partial charge in [0, 0.05) is 12.0 Å². The number of benzene rings is 2. The minimum atomic E-state index is -3.50. The van der Waals surface area contributed by atoms with Crippen LogP contribution in [0, 0.1) is 0 Å². The first-order chi connectivity index (χ1) is 15.4. The second-order valence-electron chi connectivity index (χ2n) is 6.92. The van der Waals surface area contributed by atoms with Crippen LogP contribution in [0.5, 0.6) is 17.2 Å². The highest BCUT2D eigenvalue weighted by Gasteiger charge is 2.18. The number of carbonyl (C=O) groups is 1. The van der Waals surface area contributed by atoms with Crippen molar-refractivity contribution in [2.24, 2.45) is 0 Å². The Morgan fingerprint density at radius 3 is 2.56 bits per heavy atom. The minimum absolute atomic E-state index is 0.0167. The fourth-order valence-corrected chi connectivity index (χ4v) is 4.38. The molecule has 0 fully saturated rings. The van der Waals surface area contributed by atoms with Crippen molar-refractivity contribution >= 4 is 21.8 Å². The number of sulfone groups is 1. The molecule has 4 rings (SSSR count). The van der Waals surface area contributed by atoms with Gasteiger partial charge in [-0.3, -0.25) is 10.1 Å². The van der Waals surface area contributed by atoms with Crippen LogP contribution in [0.1, 0.15) is 12.8 Å². The molecule has 0 radical (unpaired) electrons. The quantitative estimate of drug-likeness (QED) is 0.540. The molecule has 10 nitrogen and oxygen atoms in total. The molecule has 1 aliphatic heterocycles. The van der Waals surface area contributed by atoms with Crippen LogP contribution < -0.4 is 19.5 Å². The average Bonchev–Trinajstić information content (AvgIpc) is 3.27. The highest BCUT2D eigenvalue weighted by Crippen LogP contribution is 2.34. The van der Waals surface area contributed by atoms with Crippen molar-refractivity contribution in [2.45, 2.75) is 17.7 Å². The zero-order valence-corrected chi connectivity index (χ0v) is 18.1. The molecule has 1 amide bonds. The number of amides is 1. The molecule has 1 aromatic heterocycles. The first-order valence-corrected chi connectivity index (χ1v) is 11.5. The number of methoxy groups -OCH3 is 1. The van der Waals surface area contributed by atoms with Gasteiger partial charge in [-0.2, -0.15) is 0 Å². The molecule has 11 heteroatoms. The Hall–Kier alpha value is -3.60. The zero-order chi connectivity index (χ0) is 22.6. The van der Waals surface area contributed by atoms with E-state index in [9.17, 15) is 13.2 Å². The minimum Gasteiger partial charge on any atom is -0.497 e. The van der Waals surface area contributed by atoms with Gasteiger partial charge < -0.3 is 18.6 Å². The van der Waals surface area contributed by atoms with Gasteiger partial charge in [-0.1, -0.05) is 5.10 Å². The summed E-state index contributed by atoms with van der Waals surface area (Å²) in [4.78, 5) is 12.3. The van der Waals surface area contributed by atoms with E-state index >= 15 is 0 Å². The lowest BCUT2D eigenvalue weighted by Gasteiger charge is -2.18. The van der Waals surface area contributed by atoms with Gasteiger partial charge >= 0.3 is 6.01 Å². The summed E-state index contributed by atoms with van der Waals surface area (Å²) in [6.07, 6.45) is 0.125. The molecule has 0 aliphatic carbocycles. The van der Waals surface area contributed by atoms with E-state index in [1.54, 1.807) is 30.3 Å². The molecular weight excluding hydrogens is 438 g/mol. The van der Waals surface area contributed by atoms with Crippen LogP contribution in [0.4, 0.5) is 6.01 Å². The maximum Gasteiger partial charge on any atom is 0.322 e. The van der Waals surface area contributed by atoms with Gasteiger partial charge in [0.25, 0.3) is 0 Å². The molecule has 1 N–H and O–H groups in total. The summed E-state index contributed by atoms with van der Waals surface area (Å²) >= 11 is 0. The molecule has 0 saturated carbocycles. The maximum atomic E-state index is 12.4. The topological polar surface area (TPSA) is 130 Å². The lowest BCUT2D eigenvalue weighted by Crippen LogP contribution is -2.15. The summed E-state index contributed by atoms with van der Waals surface area (Å²) in [6.45, 7) is 0.945. The van der Waals surface area contributed by atoms with Crippen molar-refractivity contribution in [3.05, 3.63) is 42.5 Å². The summed E-state index contributed by atoms with van der Waals surface area (Å²) in [6, 6.07) is 11.3. The summed E-state index contributed by atoms with van der Waals surface area (Å²) in [7, 11) is -2.00. The Morgan fingerprint density at radius 2 is 1.81 bits per heavy atom. The highest BCUT2D eigenvalue weighted by atomic mass is 32.2. The average molecular weight is 459 g/mol. The fourth-order valence-electron chi connectivity index (χ4n) is 3.07. The van der Waals surface area contributed by atoms with E-state index in [-0.39, 0.29) is 35.4 Å². The van der Waals surface area contributed by atoms with E-state index in [2.05, 4.69) is 15.5 Å². The van der Waals surface area contributed by atoms with E-state index in [1.807, 2.05) is 0 Å². The van der Waals surface area contributed by atoms with E-state index in [0.29, 0.717) is 36.0 Å². The molecule has 0 bridgehead atoms. The van der Waals surface area contributed by atoms with Crippen LogP contribution in [0.3, 0.4) is 0 Å². The van der Waals surface area contributed by atoms with E-state index in [4.69, 9.17) is 18.6 Å². The lowest BCUT2D eigenvalue weighted by atomic mass is 10.2. The summed E-state index contributed by atoms with van der Waals surface area (Å²) in [5.41, 5.74) is 0.618. The Bertz CT molecular complexity index is 1210. The number of rotatable bonds is 8. The molecule has 3 aromatic rings. The molecule has 168 valence electrons. The molecule has 0 atom stereocenters. The Morgan fingerprint density at radius 1 is 1.06 bits per heavy atom. The summed E-state index contributed by atoms with van der Waals surface area (Å²) < 4.78 is 46.3. The number of hydrogen-bond acceptors (Lipinski definition) is 9.